The summed E-state index contributed by atoms with van der Waals surface area (Å²) in [5, 5.41) is 0. The van der Waals surface area contributed by atoms with Gasteiger partial charge in [0.05, 0.1) is 23.0 Å². The first-order chi connectivity index (χ1) is 17.7. The van der Waals surface area contributed by atoms with Crippen molar-refractivity contribution in [3.8, 4) is 0 Å². The van der Waals surface area contributed by atoms with Crippen LogP contribution in [-0.4, -0.2) is 43.1 Å². The van der Waals surface area contributed by atoms with Crippen LogP contribution in [0.15, 0.2) is 58.3 Å². The summed E-state index contributed by atoms with van der Waals surface area (Å²) in [5.74, 6) is 0. The van der Waals surface area contributed by atoms with Crippen LogP contribution in [0.4, 0.5) is 11.4 Å². The zero-order valence-electron chi connectivity index (χ0n) is 23.2. The highest BCUT2D eigenvalue weighted by Gasteiger charge is 2.23. The lowest BCUT2D eigenvalue weighted by molar-refractivity contribution is -0.254. The Balaban J connectivity index is 0.00000533. The highest BCUT2D eigenvalue weighted by atomic mass is 79.9. The first-order valence-corrected chi connectivity index (χ1v) is 15.1. The van der Waals surface area contributed by atoms with Gasteiger partial charge in [0.15, 0.2) is 0 Å². The summed E-state index contributed by atoms with van der Waals surface area (Å²) >= 11 is 0. The number of halogens is 1. The minimum Gasteiger partial charge on any atom is -1.00 e. The summed E-state index contributed by atoms with van der Waals surface area (Å²) in [6, 6.07) is 14.6. The predicted molar refractivity (Wildman–Crippen MR) is 149 cm³/mol. The van der Waals surface area contributed by atoms with Gasteiger partial charge >= 0.3 is 0 Å². The molecule has 8 nitrogen and oxygen atoms in total. The Morgan fingerprint density at radius 1 is 0.641 bits per heavy atom. The van der Waals surface area contributed by atoms with Crippen molar-refractivity contribution in [1.82, 2.24) is 0 Å². The molecule has 0 saturated heterocycles. The summed E-state index contributed by atoms with van der Waals surface area (Å²) in [7, 11) is -7.96. The first-order valence-electron chi connectivity index (χ1n) is 12.3. The van der Waals surface area contributed by atoms with Gasteiger partial charge in [0.2, 0.25) is 0 Å². The lowest BCUT2D eigenvalue weighted by Crippen LogP contribution is -3.00. The number of hydrogen-bond acceptors (Lipinski definition) is 7. The van der Waals surface area contributed by atoms with Crippen molar-refractivity contribution in [2.75, 3.05) is 31.2 Å². The van der Waals surface area contributed by atoms with Gasteiger partial charge in [-0.15, -0.1) is 0 Å². The van der Waals surface area contributed by atoms with E-state index in [1.807, 2.05) is 67.3 Å². The number of quaternary nitrogens is 1. The topological polar surface area (TPSA) is 118 Å². The van der Waals surface area contributed by atoms with E-state index in [-0.39, 0.29) is 53.1 Å². The number of aryl methyl sites for hydroxylation is 6. The van der Waals surface area contributed by atoms with Crippen LogP contribution in [0.5, 0.6) is 0 Å². The molecule has 3 rings (SSSR count). The van der Waals surface area contributed by atoms with Gasteiger partial charge in [-0.3, -0.25) is 8.37 Å². The Bertz CT molecular complexity index is 1380. The van der Waals surface area contributed by atoms with Crippen LogP contribution in [0.3, 0.4) is 0 Å². The van der Waals surface area contributed by atoms with Crippen molar-refractivity contribution in [3.05, 3.63) is 81.9 Å². The van der Waals surface area contributed by atoms with Crippen LogP contribution in [-0.2, 0) is 28.6 Å². The minimum atomic E-state index is -3.98. The Hall–Kier alpha value is -2.28. The molecule has 0 aliphatic rings. The van der Waals surface area contributed by atoms with E-state index in [2.05, 4.69) is 5.73 Å². The fourth-order valence-corrected chi connectivity index (χ4v) is 7.47. The molecule has 3 aromatic rings. The molecule has 39 heavy (non-hydrogen) atoms. The zero-order valence-corrected chi connectivity index (χ0v) is 26.5. The van der Waals surface area contributed by atoms with Crippen molar-refractivity contribution in [2.45, 2.75) is 51.3 Å². The average Bonchev–Trinajstić information content (AvgIpc) is 2.76. The van der Waals surface area contributed by atoms with Crippen LogP contribution < -0.4 is 27.6 Å². The first kappa shape index (κ1) is 32.9. The Morgan fingerprint density at radius 2 is 0.974 bits per heavy atom. The number of benzene rings is 3. The molecular formula is C28H37BrN2O6S2. The molecule has 0 unspecified atom stereocenters. The Morgan fingerprint density at radius 3 is 1.31 bits per heavy atom. The van der Waals surface area contributed by atoms with E-state index in [1.165, 1.54) is 0 Å². The smallest absolute Gasteiger partial charge is 0.297 e. The van der Waals surface area contributed by atoms with Gasteiger partial charge in [-0.05, 0) is 75.9 Å². The monoisotopic (exact) mass is 640 g/mol. The van der Waals surface area contributed by atoms with E-state index in [1.54, 1.807) is 27.7 Å². The van der Waals surface area contributed by atoms with Crippen molar-refractivity contribution in [1.29, 1.82) is 0 Å². The predicted octanol–water partition coefficient (Wildman–Crippen LogP) is 1.03. The second-order valence-electron chi connectivity index (χ2n) is 9.66. The average molecular weight is 642 g/mol. The standard InChI is InChI=1S/C28H36N2O6S2.BrH/c1-19-15-21(3)27(22(4)16-19)37(31,32)35-13-11-30(26-9-7-25(29)8-10-26)12-14-36-38(33,34)28-23(5)17-20(2)18-24(28)6;/h7-10,15-18H,11-14,29H2,1-6H3;1H. The zero-order chi connectivity index (χ0) is 28.3. The van der Waals surface area contributed by atoms with Crippen molar-refractivity contribution in [2.24, 2.45) is 0 Å². The minimum absolute atomic E-state index is 0. The fraction of sp³-hybridized carbons (Fsp3) is 0.357. The summed E-state index contributed by atoms with van der Waals surface area (Å²) in [5.41, 5.74) is 9.96. The fourth-order valence-electron chi connectivity index (χ4n) is 4.83. The Labute approximate surface area is 243 Å². The van der Waals surface area contributed by atoms with Gasteiger partial charge in [-0.1, -0.05) is 35.4 Å². The molecule has 0 amide bonds. The molecule has 0 fully saturated rings. The third-order valence-corrected chi connectivity index (χ3v) is 9.45. The lowest BCUT2D eigenvalue weighted by Gasteiger charge is -2.25. The highest BCUT2D eigenvalue weighted by Crippen LogP contribution is 2.25. The van der Waals surface area contributed by atoms with Gasteiger partial charge < -0.3 is 27.6 Å². The van der Waals surface area contributed by atoms with Gasteiger partial charge in [0, 0.05) is 30.9 Å². The molecule has 0 aliphatic carbocycles. The SMILES string of the molecule is Cc1cc(C)c(S(=O)(=O)OCCN(CCOS(=O)(=O)c2c(C)cc(C)cc2C)c2ccc([NH3+])cc2)c(C)c1.[Br-]. The summed E-state index contributed by atoms with van der Waals surface area (Å²) < 4.78 is 62.8. The molecule has 3 N–H and O–H groups in total. The van der Waals surface area contributed by atoms with Crippen LogP contribution in [0, 0.1) is 41.5 Å². The highest BCUT2D eigenvalue weighted by molar-refractivity contribution is 7.87. The van der Waals surface area contributed by atoms with E-state index < -0.39 is 20.2 Å². The van der Waals surface area contributed by atoms with Gasteiger partial charge in [-0.2, -0.15) is 16.8 Å². The second-order valence-corrected chi connectivity index (χ2v) is 12.8. The quantitative estimate of drug-likeness (QED) is 0.311. The molecule has 0 bridgehead atoms. The maximum Gasteiger partial charge on any atom is 0.297 e. The molecule has 11 heteroatoms. The lowest BCUT2D eigenvalue weighted by atomic mass is 10.1. The van der Waals surface area contributed by atoms with Crippen LogP contribution >= 0.6 is 0 Å². The van der Waals surface area contributed by atoms with E-state index in [0.717, 1.165) is 22.5 Å². The van der Waals surface area contributed by atoms with Crippen molar-refractivity contribution in [3.63, 3.8) is 0 Å². The molecule has 0 aromatic heterocycles. The van der Waals surface area contributed by atoms with E-state index in [9.17, 15) is 16.8 Å². The number of hydrogen-bond donors (Lipinski definition) is 1. The molecule has 0 heterocycles. The van der Waals surface area contributed by atoms with Crippen LogP contribution in [0.2, 0.25) is 0 Å². The van der Waals surface area contributed by atoms with Gasteiger partial charge in [0.25, 0.3) is 20.2 Å². The molecule has 0 radical (unpaired) electrons. The van der Waals surface area contributed by atoms with E-state index in [4.69, 9.17) is 8.37 Å². The maximum absolute atomic E-state index is 13.0. The van der Waals surface area contributed by atoms with E-state index >= 15 is 0 Å². The second kappa shape index (κ2) is 13.4. The number of nitrogens with zero attached hydrogens (tertiary/aromatic N) is 1. The van der Waals surface area contributed by atoms with Crippen molar-refractivity contribution < 1.29 is 47.9 Å². The molecule has 3 aromatic carbocycles. The molecule has 0 atom stereocenters. The Kier molecular flexibility index (Phi) is 11.3. The molecule has 214 valence electrons. The van der Waals surface area contributed by atoms with Crippen molar-refractivity contribution >= 4 is 31.6 Å². The van der Waals surface area contributed by atoms with Crippen LogP contribution in [0.25, 0.3) is 0 Å². The number of rotatable bonds is 11. The molecular weight excluding hydrogens is 604 g/mol. The van der Waals surface area contributed by atoms with Gasteiger partial charge in [0.1, 0.15) is 5.69 Å². The van der Waals surface area contributed by atoms with E-state index in [0.29, 0.717) is 22.3 Å². The molecule has 0 aliphatic heterocycles. The third kappa shape index (κ3) is 8.36. The van der Waals surface area contributed by atoms with Gasteiger partial charge in [-0.25, -0.2) is 0 Å². The molecule has 0 spiro atoms. The third-order valence-electron chi connectivity index (χ3n) is 6.21. The summed E-state index contributed by atoms with van der Waals surface area (Å²) in [6.07, 6.45) is 0. The summed E-state index contributed by atoms with van der Waals surface area (Å²) in [4.78, 5) is 2.18. The van der Waals surface area contributed by atoms with Crippen LogP contribution in [0.1, 0.15) is 33.4 Å². The maximum atomic E-state index is 13.0. The largest absolute Gasteiger partial charge is 1.00 e. The summed E-state index contributed by atoms with van der Waals surface area (Å²) in [6.45, 7) is 11.0. The number of anilines is 1. The molecule has 0 saturated carbocycles. The normalized spacial score (nSPS) is 11.8.